The maximum absolute atomic E-state index is 9.54. The van der Waals surface area contributed by atoms with E-state index in [4.69, 9.17) is 5.73 Å². The van der Waals surface area contributed by atoms with Crippen LogP contribution in [0, 0.1) is 0 Å². The first kappa shape index (κ1) is 14.0. The summed E-state index contributed by atoms with van der Waals surface area (Å²) >= 11 is 6.61. The van der Waals surface area contributed by atoms with E-state index in [0.29, 0.717) is 8.95 Å². The Morgan fingerprint density at radius 2 is 1.81 bits per heavy atom. The number of halogens is 2. The number of phenols is 1. The Kier molecular flexibility index (Phi) is 6.34. The standard InChI is InChI=1S/C11H16Br2N2O/c12-9-5-8(6-10(13)11(9)16)7-15-4-2-1-3-14/h5-6,15-16H,1-4,7,14H2. The van der Waals surface area contributed by atoms with Crippen molar-refractivity contribution in [3.63, 3.8) is 0 Å². The summed E-state index contributed by atoms with van der Waals surface area (Å²) in [6.07, 6.45) is 2.15. The first-order valence-electron chi connectivity index (χ1n) is 5.23. The van der Waals surface area contributed by atoms with Crippen LogP contribution in [-0.2, 0) is 6.54 Å². The molecule has 0 aliphatic rings. The Balaban J connectivity index is 2.43. The third-order valence-corrected chi connectivity index (χ3v) is 3.42. The lowest BCUT2D eigenvalue weighted by Crippen LogP contribution is -2.15. The molecule has 0 aromatic heterocycles. The third kappa shape index (κ3) is 4.41. The van der Waals surface area contributed by atoms with Crippen LogP contribution in [0.1, 0.15) is 18.4 Å². The molecule has 0 spiro atoms. The molecule has 4 N–H and O–H groups in total. The van der Waals surface area contributed by atoms with E-state index < -0.39 is 0 Å². The van der Waals surface area contributed by atoms with E-state index >= 15 is 0 Å². The van der Waals surface area contributed by atoms with Gasteiger partial charge in [0, 0.05) is 6.54 Å². The quantitative estimate of drug-likeness (QED) is 0.690. The number of rotatable bonds is 6. The van der Waals surface area contributed by atoms with Crippen LogP contribution in [0.15, 0.2) is 21.1 Å². The fourth-order valence-corrected chi connectivity index (χ4v) is 2.63. The molecule has 90 valence electrons. The van der Waals surface area contributed by atoms with Gasteiger partial charge in [0.05, 0.1) is 8.95 Å². The molecule has 0 unspecified atom stereocenters. The van der Waals surface area contributed by atoms with Gasteiger partial charge in [0.2, 0.25) is 0 Å². The van der Waals surface area contributed by atoms with Gasteiger partial charge in [-0.1, -0.05) is 0 Å². The van der Waals surface area contributed by atoms with Gasteiger partial charge in [-0.2, -0.15) is 0 Å². The van der Waals surface area contributed by atoms with Gasteiger partial charge in [0.1, 0.15) is 5.75 Å². The number of nitrogens with one attached hydrogen (secondary N) is 1. The Morgan fingerprint density at radius 1 is 1.19 bits per heavy atom. The summed E-state index contributed by atoms with van der Waals surface area (Å²) in [5, 5.41) is 12.9. The van der Waals surface area contributed by atoms with Gasteiger partial charge in [-0.25, -0.2) is 0 Å². The highest BCUT2D eigenvalue weighted by molar-refractivity contribution is 9.11. The van der Waals surface area contributed by atoms with E-state index in [2.05, 4.69) is 37.2 Å². The average molecular weight is 352 g/mol. The number of hydrogen-bond acceptors (Lipinski definition) is 3. The van der Waals surface area contributed by atoms with Gasteiger partial charge < -0.3 is 16.2 Å². The maximum atomic E-state index is 9.54. The van der Waals surface area contributed by atoms with Crippen LogP contribution >= 0.6 is 31.9 Å². The minimum Gasteiger partial charge on any atom is -0.506 e. The molecule has 16 heavy (non-hydrogen) atoms. The highest BCUT2D eigenvalue weighted by Gasteiger charge is 2.05. The molecule has 0 fully saturated rings. The van der Waals surface area contributed by atoms with E-state index in [9.17, 15) is 5.11 Å². The molecule has 0 saturated heterocycles. The van der Waals surface area contributed by atoms with Crippen molar-refractivity contribution in [2.24, 2.45) is 5.73 Å². The molecule has 0 amide bonds. The van der Waals surface area contributed by atoms with Crippen molar-refractivity contribution in [1.29, 1.82) is 0 Å². The highest BCUT2D eigenvalue weighted by Crippen LogP contribution is 2.33. The highest BCUT2D eigenvalue weighted by atomic mass is 79.9. The molecule has 1 rings (SSSR count). The number of benzene rings is 1. The van der Waals surface area contributed by atoms with Crippen molar-refractivity contribution in [2.45, 2.75) is 19.4 Å². The topological polar surface area (TPSA) is 58.3 Å². The maximum Gasteiger partial charge on any atom is 0.143 e. The Labute approximate surface area is 113 Å². The average Bonchev–Trinajstić information content (AvgIpc) is 2.25. The molecule has 0 aliphatic carbocycles. The van der Waals surface area contributed by atoms with Gasteiger partial charge in [-0.05, 0) is 75.5 Å². The summed E-state index contributed by atoms with van der Waals surface area (Å²) < 4.78 is 1.42. The summed E-state index contributed by atoms with van der Waals surface area (Å²) in [7, 11) is 0. The van der Waals surface area contributed by atoms with Crippen LogP contribution in [0.4, 0.5) is 0 Å². The van der Waals surface area contributed by atoms with Crippen LogP contribution in [0.2, 0.25) is 0 Å². The van der Waals surface area contributed by atoms with Crippen LogP contribution in [0.3, 0.4) is 0 Å². The molecule has 0 bridgehead atoms. The van der Waals surface area contributed by atoms with Gasteiger partial charge in [0.25, 0.3) is 0 Å². The lowest BCUT2D eigenvalue weighted by atomic mass is 10.2. The van der Waals surface area contributed by atoms with Crippen LogP contribution in [0.5, 0.6) is 5.75 Å². The smallest absolute Gasteiger partial charge is 0.143 e. The van der Waals surface area contributed by atoms with E-state index in [0.717, 1.165) is 38.0 Å². The fourth-order valence-electron chi connectivity index (χ4n) is 1.35. The lowest BCUT2D eigenvalue weighted by Gasteiger charge is -2.07. The van der Waals surface area contributed by atoms with Crippen LogP contribution < -0.4 is 11.1 Å². The predicted octanol–water partition coefficient (Wildman–Crippen LogP) is 2.75. The minimum absolute atomic E-state index is 0.242. The predicted molar refractivity (Wildman–Crippen MR) is 73.5 cm³/mol. The second-order valence-corrected chi connectivity index (χ2v) is 5.29. The van der Waals surface area contributed by atoms with E-state index in [1.807, 2.05) is 12.1 Å². The largest absolute Gasteiger partial charge is 0.506 e. The summed E-state index contributed by atoms with van der Waals surface area (Å²) in [4.78, 5) is 0. The zero-order chi connectivity index (χ0) is 12.0. The lowest BCUT2D eigenvalue weighted by molar-refractivity contribution is 0.468. The van der Waals surface area contributed by atoms with Crippen molar-refractivity contribution in [3.8, 4) is 5.75 Å². The molecule has 1 aromatic carbocycles. The third-order valence-electron chi connectivity index (χ3n) is 2.21. The monoisotopic (exact) mass is 350 g/mol. The molecular formula is C11H16Br2N2O. The summed E-state index contributed by atoms with van der Waals surface area (Å²) in [6, 6.07) is 3.83. The van der Waals surface area contributed by atoms with Gasteiger partial charge >= 0.3 is 0 Å². The number of aromatic hydroxyl groups is 1. The second-order valence-electron chi connectivity index (χ2n) is 3.58. The zero-order valence-electron chi connectivity index (χ0n) is 8.97. The van der Waals surface area contributed by atoms with Gasteiger partial charge in [-0.3, -0.25) is 0 Å². The van der Waals surface area contributed by atoms with Gasteiger partial charge in [-0.15, -0.1) is 0 Å². The summed E-state index contributed by atoms with van der Waals surface area (Å²) in [5.74, 6) is 0.242. The molecule has 0 radical (unpaired) electrons. The van der Waals surface area contributed by atoms with Crippen LogP contribution in [0.25, 0.3) is 0 Å². The first-order chi connectivity index (χ1) is 7.65. The zero-order valence-corrected chi connectivity index (χ0v) is 12.1. The van der Waals surface area contributed by atoms with Crippen molar-refractivity contribution in [1.82, 2.24) is 5.32 Å². The molecular weight excluding hydrogens is 336 g/mol. The first-order valence-corrected chi connectivity index (χ1v) is 6.81. The van der Waals surface area contributed by atoms with E-state index in [1.54, 1.807) is 0 Å². The second kappa shape index (κ2) is 7.27. The van der Waals surface area contributed by atoms with E-state index in [1.165, 1.54) is 0 Å². The fraction of sp³-hybridized carbons (Fsp3) is 0.455. The Bertz CT molecular complexity index is 322. The molecule has 0 atom stereocenters. The molecule has 0 aliphatic heterocycles. The van der Waals surface area contributed by atoms with Crippen molar-refractivity contribution < 1.29 is 5.11 Å². The molecule has 0 heterocycles. The van der Waals surface area contributed by atoms with Crippen molar-refractivity contribution in [2.75, 3.05) is 13.1 Å². The minimum atomic E-state index is 0.242. The van der Waals surface area contributed by atoms with Crippen molar-refractivity contribution in [3.05, 3.63) is 26.6 Å². The molecule has 3 nitrogen and oxygen atoms in total. The normalized spacial score (nSPS) is 10.7. The van der Waals surface area contributed by atoms with Crippen molar-refractivity contribution >= 4 is 31.9 Å². The summed E-state index contributed by atoms with van der Waals surface area (Å²) in [5.41, 5.74) is 6.54. The molecule has 0 saturated carbocycles. The Morgan fingerprint density at radius 3 is 2.38 bits per heavy atom. The van der Waals surface area contributed by atoms with Crippen LogP contribution in [-0.4, -0.2) is 18.2 Å². The SMILES string of the molecule is NCCCCNCc1cc(Br)c(O)c(Br)c1. The Hall–Kier alpha value is -0.100. The molecule has 5 heteroatoms. The van der Waals surface area contributed by atoms with Gasteiger partial charge in [0.15, 0.2) is 0 Å². The molecule has 1 aromatic rings. The number of unbranched alkanes of at least 4 members (excludes halogenated alkanes) is 1. The number of phenolic OH excluding ortho intramolecular Hbond substituents is 1. The summed E-state index contributed by atoms with van der Waals surface area (Å²) in [6.45, 7) is 2.51. The number of nitrogens with two attached hydrogens (primary N) is 1. The number of hydrogen-bond donors (Lipinski definition) is 3. The van der Waals surface area contributed by atoms with E-state index in [-0.39, 0.29) is 5.75 Å².